The molecule has 7 heteroatoms. The Kier molecular flexibility index (Phi) is 4.62. The first-order valence-electron chi connectivity index (χ1n) is 6.33. The lowest BCUT2D eigenvalue weighted by atomic mass is 10.3. The summed E-state index contributed by atoms with van der Waals surface area (Å²) in [5, 5.41) is 13.9. The average Bonchev–Trinajstić information content (AvgIpc) is 3.19. The molecule has 0 saturated heterocycles. The van der Waals surface area contributed by atoms with Crippen LogP contribution in [-0.4, -0.2) is 16.1 Å². The van der Waals surface area contributed by atoms with Crippen molar-refractivity contribution in [1.82, 2.24) is 10.2 Å². The number of amides is 1. The quantitative estimate of drug-likeness (QED) is 0.751. The molecule has 3 rings (SSSR count). The average molecular weight is 348 g/mol. The fourth-order valence-corrected chi connectivity index (χ4v) is 3.32. The summed E-state index contributed by atoms with van der Waals surface area (Å²) in [7, 11) is 0. The van der Waals surface area contributed by atoms with Crippen molar-refractivity contribution in [2.45, 2.75) is 0 Å². The topological polar surface area (TPSA) is 54.9 Å². The minimum atomic E-state index is -0.296. The van der Waals surface area contributed by atoms with E-state index in [0.717, 1.165) is 16.2 Å². The maximum atomic E-state index is 12.1. The lowest BCUT2D eigenvalue weighted by molar-refractivity contribution is 0.102. The van der Waals surface area contributed by atoms with Gasteiger partial charge in [0, 0.05) is 10.6 Å². The molecular formula is C15H10ClN3OS2. The highest BCUT2D eigenvalue weighted by atomic mass is 35.5. The van der Waals surface area contributed by atoms with Gasteiger partial charge in [0.05, 0.1) is 5.03 Å². The second-order valence-electron chi connectivity index (χ2n) is 4.24. The number of anilines is 1. The molecule has 3 aromatic rings. The minimum absolute atomic E-state index is 0.275. The summed E-state index contributed by atoms with van der Waals surface area (Å²) >= 11 is 8.96. The van der Waals surface area contributed by atoms with Gasteiger partial charge < -0.3 is 5.32 Å². The lowest BCUT2D eigenvalue weighted by Gasteiger charge is -2.00. The Hall–Kier alpha value is -2.02. The van der Waals surface area contributed by atoms with Gasteiger partial charge in [0.2, 0.25) is 5.01 Å². The third-order valence-corrected chi connectivity index (χ3v) is 4.84. The molecule has 0 aliphatic rings. The molecule has 0 fully saturated rings. The van der Waals surface area contributed by atoms with Crippen LogP contribution in [0.5, 0.6) is 0 Å². The molecule has 1 aromatic carbocycles. The molecule has 1 N–H and O–H groups in total. The van der Waals surface area contributed by atoms with E-state index in [1.165, 1.54) is 0 Å². The molecule has 0 unspecified atom stereocenters. The van der Waals surface area contributed by atoms with Gasteiger partial charge in [-0.25, -0.2) is 0 Å². The van der Waals surface area contributed by atoms with Crippen molar-refractivity contribution in [2.75, 3.05) is 5.32 Å². The van der Waals surface area contributed by atoms with Crippen molar-refractivity contribution in [3.8, 4) is 0 Å². The number of nitrogens with zero attached hydrogens (tertiary/aromatic N) is 2. The van der Waals surface area contributed by atoms with Crippen molar-refractivity contribution >= 4 is 57.0 Å². The van der Waals surface area contributed by atoms with E-state index in [1.807, 2.05) is 53.9 Å². The minimum Gasteiger partial charge on any atom is -0.320 e. The van der Waals surface area contributed by atoms with Gasteiger partial charge in [-0.2, -0.15) is 0 Å². The van der Waals surface area contributed by atoms with Crippen LogP contribution in [0, 0.1) is 0 Å². The first kappa shape index (κ1) is 14.9. The second-order valence-corrected chi connectivity index (χ2v) is 6.60. The molecule has 22 heavy (non-hydrogen) atoms. The summed E-state index contributed by atoms with van der Waals surface area (Å²) in [6.07, 6.45) is 1.81. The van der Waals surface area contributed by atoms with Crippen LogP contribution in [0.15, 0.2) is 47.8 Å². The van der Waals surface area contributed by atoms with Gasteiger partial charge in [0.15, 0.2) is 5.01 Å². The lowest BCUT2D eigenvalue weighted by Crippen LogP contribution is -2.11. The van der Waals surface area contributed by atoms with E-state index in [1.54, 1.807) is 11.3 Å². The van der Waals surface area contributed by atoms with Crippen LogP contribution in [0.25, 0.3) is 11.1 Å². The fraction of sp³-hybridized carbons (Fsp3) is 0. The molecule has 4 nitrogen and oxygen atoms in total. The fourth-order valence-electron chi connectivity index (χ4n) is 1.68. The Morgan fingerprint density at radius 1 is 1.09 bits per heavy atom. The summed E-state index contributed by atoms with van der Waals surface area (Å²) < 4.78 is 0. The number of hydrogen-bond acceptors (Lipinski definition) is 5. The number of thiophene rings is 1. The van der Waals surface area contributed by atoms with Crippen molar-refractivity contribution in [3.63, 3.8) is 0 Å². The molecule has 110 valence electrons. The number of carbonyl (C=O) groups is 1. The first-order valence-corrected chi connectivity index (χ1v) is 8.41. The molecule has 0 saturated carbocycles. The molecule has 2 aromatic heterocycles. The zero-order valence-corrected chi connectivity index (χ0v) is 13.6. The number of nitrogens with one attached hydrogen (secondary N) is 1. The predicted molar refractivity (Wildman–Crippen MR) is 92.3 cm³/mol. The zero-order valence-electron chi connectivity index (χ0n) is 11.2. The Labute approximate surface area is 140 Å². The maximum Gasteiger partial charge on any atom is 0.286 e. The number of para-hydroxylation sites is 1. The second kappa shape index (κ2) is 6.83. The Bertz CT molecular complexity index is 797. The molecule has 0 aliphatic carbocycles. The number of rotatable bonds is 4. The number of aromatic nitrogens is 2. The van der Waals surface area contributed by atoms with Crippen molar-refractivity contribution in [3.05, 3.63) is 62.7 Å². The largest absolute Gasteiger partial charge is 0.320 e. The molecule has 0 atom stereocenters. The van der Waals surface area contributed by atoms with E-state index in [4.69, 9.17) is 11.6 Å². The smallest absolute Gasteiger partial charge is 0.286 e. The van der Waals surface area contributed by atoms with E-state index in [-0.39, 0.29) is 10.9 Å². The van der Waals surface area contributed by atoms with Gasteiger partial charge in [0.1, 0.15) is 0 Å². The molecule has 0 spiro atoms. The van der Waals surface area contributed by atoms with E-state index in [9.17, 15) is 4.79 Å². The van der Waals surface area contributed by atoms with E-state index < -0.39 is 0 Å². The third kappa shape index (κ3) is 3.59. The monoisotopic (exact) mass is 347 g/mol. The summed E-state index contributed by atoms with van der Waals surface area (Å²) in [5.74, 6) is -0.296. The summed E-state index contributed by atoms with van der Waals surface area (Å²) in [6.45, 7) is 0. The summed E-state index contributed by atoms with van der Waals surface area (Å²) in [4.78, 5) is 13.1. The standard InChI is InChI=1S/C15H10ClN3OS2/c16-12(9-11-7-4-8-21-11)14-18-19-15(22-14)13(20)17-10-5-2-1-3-6-10/h1-9H,(H,17,20)/b12-9-. The van der Waals surface area contributed by atoms with E-state index in [2.05, 4.69) is 15.5 Å². The summed E-state index contributed by atoms with van der Waals surface area (Å²) in [5.41, 5.74) is 0.712. The molecule has 1 amide bonds. The highest BCUT2D eigenvalue weighted by Gasteiger charge is 2.14. The Balaban J connectivity index is 1.74. The van der Waals surface area contributed by atoms with Gasteiger partial charge in [-0.1, -0.05) is 47.2 Å². The molecule has 2 heterocycles. The molecule has 0 bridgehead atoms. The van der Waals surface area contributed by atoms with Gasteiger partial charge in [-0.3, -0.25) is 4.79 Å². The van der Waals surface area contributed by atoms with E-state index in [0.29, 0.717) is 15.7 Å². The highest BCUT2D eigenvalue weighted by molar-refractivity contribution is 7.15. The van der Waals surface area contributed by atoms with Crippen LogP contribution >= 0.6 is 34.3 Å². The van der Waals surface area contributed by atoms with E-state index >= 15 is 0 Å². The van der Waals surface area contributed by atoms with Crippen LogP contribution in [0.2, 0.25) is 0 Å². The number of halogens is 1. The SMILES string of the molecule is O=C(Nc1ccccc1)c1nnc(/C(Cl)=C/c2cccs2)s1. The van der Waals surface area contributed by atoms with Crippen LogP contribution in [0.1, 0.15) is 19.7 Å². The number of hydrogen-bond donors (Lipinski definition) is 1. The summed E-state index contributed by atoms with van der Waals surface area (Å²) in [6, 6.07) is 13.1. The van der Waals surface area contributed by atoms with Crippen molar-refractivity contribution in [2.24, 2.45) is 0 Å². The van der Waals surface area contributed by atoms with Gasteiger partial charge in [-0.15, -0.1) is 21.5 Å². The van der Waals surface area contributed by atoms with Gasteiger partial charge in [-0.05, 0) is 29.7 Å². The van der Waals surface area contributed by atoms with Crippen molar-refractivity contribution < 1.29 is 4.79 Å². The zero-order chi connectivity index (χ0) is 15.4. The van der Waals surface area contributed by atoms with Gasteiger partial charge in [0.25, 0.3) is 5.91 Å². The first-order chi connectivity index (χ1) is 10.7. The van der Waals surface area contributed by atoms with Crippen LogP contribution in [0.4, 0.5) is 5.69 Å². The van der Waals surface area contributed by atoms with Crippen molar-refractivity contribution in [1.29, 1.82) is 0 Å². The number of benzene rings is 1. The predicted octanol–water partition coefficient (Wildman–Crippen LogP) is 4.59. The Morgan fingerprint density at radius 3 is 2.59 bits per heavy atom. The molecular weight excluding hydrogens is 338 g/mol. The maximum absolute atomic E-state index is 12.1. The molecule has 0 radical (unpaired) electrons. The number of carbonyl (C=O) groups excluding carboxylic acids is 1. The van der Waals surface area contributed by atoms with Crippen LogP contribution in [0.3, 0.4) is 0 Å². The van der Waals surface area contributed by atoms with Gasteiger partial charge >= 0.3 is 0 Å². The Morgan fingerprint density at radius 2 is 1.86 bits per heavy atom. The van der Waals surface area contributed by atoms with Crippen LogP contribution < -0.4 is 5.32 Å². The molecule has 0 aliphatic heterocycles. The highest BCUT2D eigenvalue weighted by Crippen LogP contribution is 2.27. The van der Waals surface area contributed by atoms with Crippen LogP contribution in [-0.2, 0) is 0 Å². The normalized spacial score (nSPS) is 11.4. The third-order valence-electron chi connectivity index (χ3n) is 2.67.